The van der Waals surface area contributed by atoms with Crippen molar-refractivity contribution in [3.8, 4) is 0 Å². The molecule has 0 aliphatic heterocycles. The third-order valence-electron chi connectivity index (χ3n) is 13.8. The minimum atomic E-state index is -0.792. The van der Waals surface area contributed by atoms with Crippen LogP contribution in [0.15, 0.2) is 85.1 Å². The molecule has 0 spiro atoms. The minimum Gasteiger partial charge on any atom is -0.462 e. The SMILES string of the molecule is CCCCC/C=C\C/C=C\C/C=C\CCCCCCCCC(=O)OC[C@@H](COC(=O)CCCCCCCCCCC/C=C\CCCCCCCC)OC(=O)CCCCCCCC/C=C\C/C=C\C/C=C\CCCCC. The lowest BCUT2D eigenvalue weighted by Gasteiger charge is -2.18. The molecule has 0 fully saturated rings. The van der Waals surface area contributed by atoms with Crippen molar-refractivity contribution in [3.63, 3.8) is 0 Å². The molecule has 0 aromatic heterocycles. The summed E-state index contributed by atoms with van der Waals surface area (Å²) in [6.45, 7) is 6.59. The second kappa shape index (κ2) is 63.1. The molecular weight excluding hydrogens is 925 g/mol. The van der Waals surface area contributed by atoms with E-state index in [4.69, 9.17) is 14.2 Å². The van der Waals surface area contributed by atoms with Crippen LogP contribution in [-0.2, 0) is 28.6 Å². The van der Waals surface area contributed by atoms with Crippen LogP contribution in [0, 0.1) is 0 Å². The Balaban J connectivity index is 4.43. The number of ether oxygens (including phenoxy) is 3. The van der Waals surface area contributed by atoms with Crippen LogP contribution in [0.4, 0.5) is 0 Å². The van der Waals surface area contributed by atoms with E-state index in [1.807, 2.05) is 0 Å². The number of rotatable bonds is 58. The van der Waals surface area contributed by atoms with Crippen molar-refractivity contribution in [2.24, 2.45) is 0 Å². The molecule has 0 radical (unpaired) electrons. The molecular formula is C69H120O6. The van der Waals surface area contributed by atoms with Gasteiger partial charge in [-0.3, -0.25) is 14.4 Å². The Hall–Kier alpha value is -3.41. The molecule has 6 nitrogen and oxygen atoms in total. The molecule has 0 unspecified atom stereocenters. The zero-order valence-corrected chi connectivity index (χ0v) is 49.6. The van der Waals surface area contributed by atoms with Crippen LogP contribution < -0.4 is 0 Å². The lowest BCUT2D eigenvalue weighted by atomic mass is 10.1. The number of carbonyl (C=O) groups excluding carboxylic acids is 3. The Morgan fingerprint density at radius 2 is 0.480 bits per heavy atom. The van der Waals surface area contributed by atoms with E-state index in [1.165, 1.54) is 173 Å². The van der Waals surface area contributed by atoms with Crippen molar-refractivity contribution in [3.05, 3.63) is 85.1 Å². The molecule has 0 aromatic carbocycles. The third-order valence-corrected chi connectivity index (χ3v) is 13.8. The summed E-state index contributed by atoms with van der Waals surface area (Å²) in [6.07, 6.45) is 82.9. The van der Waals surface area contributed by atoms with E-state index in [0.717, 1.165) is 103 Å². The molecule has 432 valence electrons. The highest BCUT2D eigenvalue weighted by Gasteiger charge is 2.19. The maximum absolute atomic E-state index is 12.9. The van der Waals surface area contributed by atoms with Gasteiger partial charge in [0.1, 0.15) is 13.2 Å². The van der Waals surface area contributed by atoms with Crippen LogP contribution in [0.5, 0.6) is 0 Å². The molecule has 0 N–H and O–H groups in total. The lowest BCUT2D eigenvalue weighted by molar-refractivity contribution is -0.167. The van der Waals surface area contributed by atoms with E-state index in [9.17, 15) is 14.4 Å². The second-order valence-electron chi connectivity index (χ2n) is 21.3. The molecule has 6 heteroatoms. The van der Waals surface area contributed by atoms with Gasteiger partial charge in [-0.25, -0.2) is 0 Å². The highest BCUT2D eigenvalue weighted by atomic mass is 16.6. The number of unbranched alkanes of at least 4 members (excludes halogenated alkanes) is 33. The van der Waals surface area contributed by atoms with E-state index in [-0.39, 0.29) is 31.1 Å². The van der Waals surface area contributed by atoms with Crippen LogP contribution in [0.2, 0.25) is 0 Å². The molecule has 0 amide bonds. The van der Waals surface area contributed by atoms with Crippen LogP contribution in [0.25, 0.3) is 0 Å². The van der Waals surface area contributed by atoms with Gasteiger partial charge in [0.25, 0.3) is 0 Å². The Morgan fingerprint density at radius 1 is 0.267 bits per heavy atom. The number of hydrogen-bond donors (Lipinski definition) is 0. The number of allylic oxidation sites excluding steroid dienone is 14. The molecule has 0 bridgehead atoms. The number of carbonyl (C=O) groups is 3. The quantitative estimate of drug-likeness (QED) is 0.0261. The Morgan fingerprint density at radius 3 is 0.787 bits per heavy atom. The second-order valence-corrected chi connectivity index (χ2v) is 21.3. The van der Waals surface area contributed by atoms with E-state index in [2.05, 4.69) is 106 Å². The fraction of sp³-hybridized carbons (Fsp3) is 0.754. The molecule has 0 aliphatic rings. The van der Waals surface area contributed by atoms with Crippen molar-refractivity contribution in [2.45, 2.75) is 322 Å². The van der Waals surface area contributed by atoms with Crippen molar-refractivity contribution in [2.75, 3.05) is 13.2 Å². The first kappa shape index (κ1) is 71.6. The number of hydrogen-bond acceptors (Lipinski definition) is 6. The van der Waals surface area contributed by atoms with Gasteiger partial charge in [0.15, 0.2) is 6.10 Å². The Bertz CT molecular complexity index is 1430. The average Bonchev–Trinajstić information content (AvgIpc) is 3.41. The van der Waals surface area contributed by atoms with Crippen molar-refractivity contribution < 1.29 is 28.6 Å². The molecule has 75 heavy (non-hydrogen) atoms. The minimum absolute atomic E-state index is 0.0865. The summed E-state index contributed by atoms with van der Waals surface area (Å²) >= 11 is 0. The first-order valence-electron chi connectivity index (χ1n) is 32.1. The predicted octanol–water partition coefficient (Wildman–Crippen LogP) is 21.9. The molecule has 0 saturated carbocycles. The van der Waals surface area contributed by atoms with Gasteiger partial charge in [-0.1, -0.05) is 260 Å². The summed E-state index contributed by atoms with van der Waals surface area (Å²) in [4.78, 5) is 38.4. The van der Waals surface area contributed by atoms with Gasteiger partial charge >= 0.3 is 17.9 Å². The summed E-state index contributed by atoms with van der Waals surface area (Å²) in [5.74, 6) is -0.902. The van der Waals surface area contributed by atoms with Crippen LogP contribution in [0.1, 0.15) is 316 Å². The monoisotopic (exact) mass is 1040 g/mol. The standard InChI is InChI=1S/C69H120O6/c1-4-7-10-13-16-19-22-25-28-31-34-37-40-43-46-49-52-55-58-61-67(70)73-64-66(75-69(72)63-60-57-54-51-48-45-42-39-36-33-30-27-24-21-18-15-12-9-6-3)65-74-68(71)62-59-56-53-50-47-44-41-38-35-32-29-26-23-20-17-14-11-8-5-2/h16,18-19,21,25-30,34,36-37,39,66H,4-15,17,20,22-24,31-33,35,38,40-65H2,1-3H3/b19-16-,21-18-,28-25-,29-26-,30-27-,37-34-,39-36-/t66-/m0/s1. The van der Waals surface area contributed by atoms with Gasteiger partial charge in [-0.15, -0.1) is 0 Å². The maximum atomic E-state index is 12.9. The summed E-state index contributed by atoms with van der Waals surface area (Å²) < 4.78 is 16.9. The molecule has 0 rings (SSSR count). The van der Waals surface area contributed by atoms with Crippen LogP contribution in [0.3, 0.4) is 0 Å². The summed E-state index contributed by atoms with van der Waals surface area (Å²) in [5, 5.41) is 0. The largest absolute Gasteiger partial charge is 0.462 e. The van der Waals surface area contributed by atoms with Gasteiger partial charge in [-0.05, 0) is 122 Å². The highest BCUT2D eigenvalue weighted by Crippen LogP contribution is 2.16. The zero-order valence-electron chi connectivity index (χ0n) is 49.6. The Kier molecular flexibility index (Phi) is 60.3. The number of esters is 3. The van der Waals surface area contributed by atoms with Gasteiger partial charge < -0.3 is 14.2 Å². The summed E-state index contributed by atoms with van der Waals surface area (Å²) in [5.41, 5.74) is 0. The zero-order chi connectivity index (χ0) is 54.3. The molecule has 0 saturated heterocycles. The van der Waals surface area contributed by atoms with Crippen LogP contribution in [-0.4, -0.2) is 37.2 Å². The van der Waals surface area contributed by atoms with Crippen molar-refractivity contribution in [1.82, 2.24) is 0 Å². The topological polar surface area (TPSA) is 78.9 Å². The van der Waals surface area contributed by atoms with Gasteiger partial charge in [0.05, 0.1) is 0 Å². The molecule has 1 atom stereocenters. The summed E-state index contributed by atoms with van der Waals surface area (Å²) in [7, 11) is 0. The first-order valence-corrected chi connectivity index (χ1v) is 32.1. The lowest BCUT2D eigenvalue weighted by Crippen LogP contribution is -2.30. The fourth-order valence-corrected chi connectivity index (χ4v) is 8.98. The van der Waals surface area contributed by atoms with E-state index in [1.54, 1.807) is 0 Å². The fourth-order valence-electron chi connectivity index (χ4n) is 8.98. The van der Waals surface area contributed by atoms with Gasteiger partial charge in [0.2, 0.25) is 0 Å². The van der Waals surface area contributed by atoms with E-state index in [0.29, 0.717) is 19.3 Å². The van der Waals surface area contributed by atoms with Crippen molar-refractivity contribution >= 4 is 17.9 Å². The van der Waals surface area contributed by atoms with Gasteiger partial charge in [0, 0.05) is 19.3 Å². The average molecular weight is 1050 g/mol. The smallest absolute Gasteiger partial charge is 0.306 e. The molecule has 0 aliphatic carbocycles. The maximum Gasteiger partial charge on any atom is 0.306 e. The third kappa shape index (κ3) is 61.3. The highest BCUT2D eigenvalue weighted by molar-refractivity contribution is 5.71. The van der Waals surface area contributed by atoms with Crippen molar-refractivity contribution in [1.29, 1.82) is 0 Å². The Labute approximate surface area is 465 Å². The van der Waals surface area contributed by atoms with E-state index >= 15 is 0 Å². The van der Waals surface area contributed by atoms with Crippen LogP contribution >= 0.6 is 0 Å². The molecule has 0 aromatic rings. The molecule has 0 heterocycles. The first-order chi connectivity index (χ1) is 37.0. The van der Waals surface area contributed by atoms with E-state index < -0.39 is 6.10 Å². The normalized spacial score (nSPS) is 12.6. The summed E-state index contributed by atoms with van der Waals surface area (Å²) in [6, 6.07) is 0. The van der Waals surface area contributed by atoms with Gasteiger partial charge in [-0.2, -0.15) is 0 Å². The predicted molar refractivity (Wildman–Crippen MR) is 325 cm³/mol.